The van der Waals surface area contributed by atoms with Crippen molar-refractivity contribution in [1.82, 2.24) is 15.2 Å². The molecule has 112 valence electrons. The number of hydrogen-bond donors (Lipinski definition) is 1. The molecule has 0 atom stereocenters. The van der Waals surface area contributed by atoms with E-state index in [4.69, 9.17) is 0 Å². The highest BCUT2D eigenvalue weighted by Gasteiger charge is 2.11. The van der Waals surface area contributed by atoms with Crippen molar-refractivity contribution in [3.63, 3.8) is 0 Å². The normalized spacial score (nSPS) is 17.9. The van der Waals surface area contributed by atoms with Crippen LogP contribution in [0.4, 0.5) is 0 Å². The van der Waals surface area contributed by atoms with Gasteiger partial charge in [0.05, 0.1) is 5.69 Å². The molecule has 0 saturated carbocycles. The van der Waals surface area contributed by atoms with Crippen LogP contribution in [0.25, 0.3) is 0 Å². The molecule has 20 heavy (non-hydrogen) atoms. The van der Waals surface area contributed by atoms with Crippen LogP contribution in [0.1, 0.15) is 57.7 Å². The molecule has 0 spiro atoms. The lowest BCUT2D eigenvalue weighted by molar-refractivity contribution is 0.273. The van der Waals surface area contributed by atoms with E-state index in [9.17, 15) is 0 Å². The van der Waals surface area contributed by atoms with Crippen molar-refractivity contribution in [2.75, 3.05) is 13.1 Å². The van der Waals surface area contributed by atoms with Gasteiger partial charge in [0.2, 0.25) is 0 Å². The average molecular weight is 275 g/mol. The van der Waals surface area contributed by atoms with Gasteiger partial charge in [0.1, 0.15) is 0 Å². The van der Waals surface area contributed by atoms with Crippen LogP contribution in [0.15, 0.2) is 18.3 Å². The largest absolute Gasteiger partial charge is 0.308 e. The van der Waals surface area contributed by atoms with E-state index in [2.05, 4.69) is 48.1 Å². The number of rotatable bonds is 4. The summed E-state index contributed by atoms with van der Waals surface area (Å²) in [6.45, 7) is 10.9. The second kappa shape index (κ2) is 7.19. The molecule has 1 aliphatic rings. The predicted octanol–water partition coefficient (Wildman–Crippen LogP) is 3.35. The van der Waals surface area contributed by atoms with E-state index in [1.807, 2.05) is 6.20 Å². The van der Waals surface area contributed by atoms with Crippen LogP contribution >= 0.6 is 0 Å². The van der Waals surface area contributed by atoms with Crippen LogP contribution in [0, 0.1) is 0 Å². The molecule has 3 nitrogen and oxygen atoms in total. The Bertz CT molecular complexity index is 384. The average Bonchev–Trinajstić information content (AvgIpc) is 2.66. The lowest BCUT2D eigenvalue weighted by Crippen LogP contribution is -2.35. The van der Waals surface area contributed by atoms with E-state index in [0.29, 0.717) is 0 Å². The molecule has 0 aliphatic carbocycles. The van der Waals surface area contributed by atoms with Gasteiger partial charge in [-0.05, 0) is 58.3 Å². The molecule has 1 saturated heterocycles. The summed E-state index contributed by atoms with van der Waals surface area (Å²) in [6, 6.07) is 4.39. The molecule has 3 heteroatoms. The van der Waals surface area contributed by atoms with Gasteiger partial charge < -0.3 is 5.32 Å². The van der Waals surface area contributed by atoms with E-state index < -0.39 is 0 Å². The molecule has 2 rings (SSSR count). The topological polar surface area (TPSA) is 28.2 Å². The van der Waals surface area contributed by atoms with E-state index in [-0.39, 0.29) is 5.54 Å². The van der Waals surface area contributed by atoms with Gasteiger partial charge >= 0.3 is 0 Å². The predicted molar refractivity (Wildman–Crippen MR) is 84.6 cm³/mol. The molecular weight excluding hydrogens is 246 g/mol. The molecule has 1 N–H and O–H groups in total. The second-order valence-electron chi connectivity index (χ2n) is 6.95. The Morgan fingerprint density at radius 2 is 1.80 bits per heavy atom. The molecule has 1 aromatic rings. The number of nitrogens with zero attached hydrogens (tertiary/aromatic N) is 2. The fourth-order valence-electron chi connectivity index (χ4n) is 2.54. The molecule has 0 amide bonds. The quantitative estimate of drug-likeness (QED) is 0.913. The van der Waals surface area contributed by atoms with Gasteiger partial charge in [-0.1, -0.05) is 18.9 Å². The molecule has 0 radical (unpaired) electrons. The van der Waals surface area contributed by atoms with Gasteiger partial charge in [0.15, 0.2) is 0 Å². The lowest BCUT2D eigenvalue weighted by Gasteiger charge is -2.21. The first-order valence-corrected chi connectivity index (χ1v) is 7.94. The maximum Gasteiger partial charge on any atom is 0.0544 e. The van der Waals surface area contributed by atoms with Crippen molar-refractivity contribution >= 4 is 0 Å². The van der Waals surface area contributed by atoms with E-state index in [1.54, 1.807) is 0 Å². The minimum atomic E-state index is 0.157. The molecule has 0 bridgehead atoms. The molecule has 0 aromatic carbocycles. The summed E-state index contributed by atoms with van der Waals surface area (Å²) in [4.78, 5) is 7.17. The fourth-order valence-corrected chi connectivity index (χ4v) is 2.54. The zero-order chi connectivity index (χ0) is 14.4. The zero-order valence-corrected chi connectivity index (χ0v) is 13.3. The summed E-state index contributed by atoms with van der Waals surface area (Å²) in [7, 11) is 0. The molecule has 1 fully saturated rings. The third-order valence-electron chi connectivity index (χ3n) is 3.79. The smallest absolute Gasteiger partial charge is 0.0544 e. The van der Waals surface area contributed by atoms with Gasteiger partial charge in [0.25, 0.3) is 0 Å². The third kappa shape index (κ3) is 5.59. The fraction of sp³-hybridized carbons (Fsp3) is 0.706. The van der Waals surface area contributed by atoms with Gasteiger partial charge in [-0.2, -0.15) is 0 Å². The monoisotopic (exact) mass is 275 g/mol. The van der Waals surface area contributed by atoms with Gasteiger partial charge in [-0.3, -0.25) is 9.88 Å². The minimum Gasteiger partial charge on any atom is -0.308 e. The summed E-state index contributed by atoms with van der Waals surface area (Å²) in [5, 5.41) is 3.50. The van der Waals surface area contributed by atoms with Crippen LogP contribution in [0.5, 0.6) is 0 Å². The van der Waals surface area contributed by atoms with E-state index in [1.165, 1.54) is 50.0 Å². The zero-order valence-electron chi connectivity index (χ0n) is 13.3. The summed E-state index contributed by atoms with van der Waals surface area (Å²) in [5.41, 5.74) is 2.62. The van der Waals surface area contributed by atoms with Gasteiger partial charge in [-0.25, -0.2) is 0 Å². The Hall–Kier alpha value is -0.930. The van der Waals surface area contributed by atoms with Crippen molar-refractivity contribution in [1.29, 1.82) is 0 Å². The van der Waals surface area contributed by atoms with Gasteiger partial charge in [-0.15, -0.1) is 0 Å². The highest BCUT2D eigenvalue weighted by molar-refractivity contribution is 5.14. The lowest BCUT2D eigenvalue weighted by atomic mass is 10.1. The SMILES string of the molecule is CC(C)(C)NCc1ccc(CN2CCCCCC2)nc1. The summed E-state index contributed by atoms with van der Waals surface area (Å²) >= 11 is 0. The maximum atomic E-state index is 4.62. The number of likely N-dealkylation sites (tertiary alicyclic amines) is 1. The van der Waals surface area contributed by atoms with Crippen LogP contribution in [-0.2, 0) is 13.1 Å². The van der Waals surface area contributed by atoms with Gasteiger partial charge in [0, 0.05) is 24.8 Å². The maximum absolute atomic E-state index is 4.62. The van der Waals surface area contributed by atoms with Crippen molar-refractivity contribution in [2.45, 2.75) is 65.1 Å². The summed E-state index contributed by atoms with van der Waals surface area (Å²) < 4.78 is 0. The minimum absolute atomic E-state index is 0.157. The van der Waals surface area contributed by atoms with E-state index in [0.717, 1.165) is 13.1 Å². The van der Waals surface area contributed by atoms with Crippen LogP contribution < -0.4 is 5.32 Å². The summed E-state index contributed by atoms with van der Waals surface area (Å²) in [5.74, 6) is 0. The first-order valence-electron chi connectivity index (χ1n) is 7.94. The van der Waals surface area contributed by atoms with E-state index >= 15 is 0 Å². The first kappa shape index (κ1) is 15.5. The standard InChI is InChI=1S/C17H29N3/c1-17(2,3)19-13-15-8-9-16(18-12-15)14-20-10-6-4-5-7-11-20/h8-9,12,19H,4-7,10-11,13-14H2,1-3H3. The Kier molecular flexibility index (Phi) is 5.55. The Morgan fingerprint density at radius 3 is 2.35 bits per heavy atom. The summed E-state index contributed by atoms with van der Waals surface area (Å²) in [6.07, 6.45) is 7.48. The highest BCUT2D eigenvalue weighted by atomic mass is 15.1. The Balaban J connectivity index is 1.84. The van der Waals surface area contributed by atoms with Crippen molar-refractivity contribution in [3.05, 3.63) is 29.6 Å². The molecular formula is C17H29N3. The molecule has 1 aromatic heterocycles. The number of pyridine rings is 1. The molecule has 2 heterocycles. The van der Waals surface area contributed by atoms with Crippen LogP contribution in [0.3, 0.4) is 0 Å². The molecule has 0 unspecified atom stereocenters. The number of aromatic nitrogens is 1. The highest BCUT2D eigenvalue weighted by Crippen LogP contribution is 2.12. The van der Waals surface area contributed by atoms with Crippen molar-refractivity contribution < 1.29 is 0 Å². The second-order valence-corrected chi connectivity index (χ2v) is 6.95. The number of hydrogen-bond acceptors (Lipinski definition) is 3. The third-order valence-corrected chi connectivity index (χ3v) is 3.79. The molecule has 1 aliphatic heterocycles. The van der Waals surface area contributed by atoms with Crippen molar-refractivity contribution in [2.24, 2.45) is 0 Å². The Labute approximate surface area is 123 Å². The van der Waals surface area contributed by atoms with Crippen LogP contribution in [-0.4, -0.2) is 28.5 Å². The van der Waals surface area contributed by atoms with Crippen molar-refractivity contribution in [3.8, 4) is 0 Å². The Morgan fingerprint density at radius 1 is 1.10 bits per heavy atom. The number of nitrogens with one attached hydrogen (secondary N) is 1. The first-order chi connectivity index (χ1) is 9.53. The van der Waals surface area contributed by atoms with Crippen LogP contribution in [0.2, 0.25) is 0 Å².